The highest BCUT2D eigenvalue weighted by Crippen LogP contribution is 2.65. The predicted octanol–water partition coefficient (Wildman–Crippen LogP) is 5.52. The van der Waals surface area contributed by atoms with E-state index in [0.29, 0.717) is 10.8 Å². The molecule has 2 fully saturated rings. The van der Waals surface area contributed by atoms with Gasteiger partial charge in [-0.3, -0.25) is 0 Å². The van der Waals surface area contributed by atoms with Crippen LogP contribution in [0.3, 0.4) is 0 Å². The molecule has 2 aliphatic rings. The van der Waals surface area contributed by atoms with E-state index in [4.69, 9.17) is 0 Å². The first-order valence-electron chi connectivity index (χ1n) is 7.80. The second-order valence-electron chi connectivity index (χ2n) is 8.15. The fraction of sp³-hybridized carbons (Fsp3) is 1.00. The molecule has 0 aromatic rings. The molecule has 4 atom stereocenters. The maximum Gasteiger partial charge on any atom is -0.0195 e. The lowest BCUT2D eigenvalue weighted by Gasteiger charge is -2.50. The van der Waals surface area contributed by atoms with Crippen LogP contribution in [0.4, 0.5) is 0 Å². The van der Waals surface area contributed by atoms with E-state index in [0.717, 1.165) is 23.7 Å². The Labute approximate surface area is 109 Å². The molecular formula is C17H32. The minimum absolute atomic E-state index is 0.456. The smallest absolute Gasteiger partial charge is 0.0195 e. The summed E-state index contributed by atoms with van der Waals surface area (Å²) in [6, 6.07) is 0. The highest BCUT2D eigenvalue weighted by Gasteiger charge is 2.57. The fourth-order valence-corrected chi connectivity index (χ4v) is 5.77. The largest absolute Gasteiger partial charge is 0.0622 e. The second kappa shape index (κ2) is 4.28. The zero-order chi connectivity index (χ0) is 12.8. The first kappa shape index (κ1) is 13.4. The van der Waals surface area contributed by atoms with Crippen molar-refractivity contribution in [3.63, 3.8) is 0 Å². The Morgan fingerprint density at radius 3 is 2.12 bits per heavy atom. The summed E-state index contributed by atoms with van der Waals surface area (Å²) in [5.74, 6) is 3.82. The van der Waals surface area contributed by atoms with Gasteiger partial charge in [0.15, 0.2) is 0 Å². The van der Waals surface area contributed by atoms with Crippen molar-refractivity contribution in [2.75, 3.05) is 0 Å². The third-order valence-electron chi connectivity index (χ3n) is 6.45. The van der Waals surface area contributed by atoms with E-state index in [-0.39, 0.29) is 0 Å². The predicted molar refractivity (Wildman–Crippen MR) is 76.0 cm³/mol. The first-order valence-corrected chi connectivity index (χ1v) is 7.80. The lowest BCUT2D eigenvalue weighted by Crippen LogP contribution is -2.43. The monoisotopic (exact) mass is 236 g/mol. The summed E-state index contributed by atoms with van der Waals surface area (Å²) in [5.41, 5.74) is 1.03. The van der Waals surface area contributed by atoms with E-state index in [1.165, 1.54) is 32.1 Å². The highest BCUT2D eigenvalue weighted by molar-refractivity contribution is 5.06. The Morgan fingerprint density at radius 1 is 1.06 bits per heavy atom. The Bertz CT molecular complexity index is 270. The minimum Gasteiger partial charge on any atom is -0.0622 e. The van der Waals surface area contributed by atoms with Gasteiger partial charge in [0.05, 0.1) is 0 Å². The number of rotatable bonds is 1. The van der Waals surface area contributed by atoms with Crippen molar-refractivity contribution in [1.29, 1.82) is 0 Å². The zero-order valence-corrected chi connectivity index (χ0v) is 12.8. The molecule has 100 valence electrons. The van der Waals surface area contributed by atoms with Gasteiger partial charge in [-0.1, -0.05) is 60.8 Å². The van der Waals surface area contributed by atoms with Crippen LogP contribution in [0.2, 0.25) is 0 Å². The molecular weight excluding hydrogens is 204 g/mol. The lowest BCUT2D eigenvalue weighted by atomic mass is 9.55. The van der Waals surface area contributed by atoms with E-state index < -0.39 is 0 Å². The van der Waals surface area contributed by atoms with Crippen LogP contribution in [0.5, 0.6) is 0 Å². The van der Waals surface area contributed by atoms with Gasteiger partial charge in [0.2, 0.25) is 0 Å². The van der Waals surface area contributed by atoms with Crippen molar-refractivity contribution in [2.24, 2.45) is 34.5 Å². The average molecular weight is 236 g/mol. The molecule has 2 rings (SSSR count). The third kappa shape index (κ3) is 1.87. The van der Waals surface area contributed by atoms with Gasteiger partial charge < -0.3 is 0 Å². The molecule has 2 saturated carbocycles. The molecule has 0 amide bonds. The molecule has 2 aliphatic carbocycles. The maximum absolute atomic E-state index is 2.57. The van der Waals surface area contributed by atoms with Crippen LogP contribution in [0, 0.1) is 34.5 Å². The molecule has 0 heterocycles. The van der Waals surface area contributed by atoms with Gasteiger partial charge in [0.1, 0.15) is 0 Å². The van der Waals surface area contributed by atoms with E-state index in [2.05, 4.69) is 41.5 Å². The summed E-state index contributed by atoms with van der Waals surface area (Å²) in [7, 11) is 0. The van der Waals surface area contributed by atoms with E-state index in [1.54, 1.807) is 0 Å². The summed E-state index contributed by atoms with van der Waals surface area (Å²) < 4.78 is 0. The minimum atomic E-state index is 0.456. The van der Waals surface area contributed by atoms with Gasteiger partial charge in [-0.25, -0.2) is 0 Å². The third-order valence-corrected chi connectivity index (χ3v) is 6.45. The molecule has 0 spiro atoms. The van der Waals surface area contributed by atoms with Gasteiger partial charge in [-0.05, 0) is 47.3 Å². The summed E-state index contributed by atoms with van der Waals surface area (Å²) in [4.78, 5) is 0. The normalized spacial score (nSPS) is 42.9. The summed E-state index contributed by atoms with van der Waals surface area (Å²) >= 11 is 0. The second-order valence-corrected chi connectivity index (χ2v) is 8.15. The van der Waals surface area contributed by atoms with Crippen molar-refractivity contribution in [2.45, 2.75) is 73.6 Å². The van der Waals surface area contributed by atoms with Crippen LogP contribution in [0.25, 0.3) is 0 Å². The molecule has 0 aromatic heterocycles. The number of hydrogen-bond acceptors (Lipinski definition) is 0. The summed E-state index contributed by atoms with van der Waals surface area (Å²) in [5, 5.41) is 0. The Hall–Kier alpha value is 0. The van der Waals surface area contributed by atoms with Crippen LogP contribution < -0.4 is 0 Å². The van der Waals surface area contributed by atoms with Crippen LogP contribution in [0.1, 0.15) is 73.6 Å². The van der Waals surface area contributed by atoms with Gasteiger partial charge in [-0.15, -0.1) is 0 Å². The average Bonchev–Trinajstić information content (AvgIpc) is 2.53. The van der Waals surface area contributed by atoms with E-state index in [1.807, 2.05) is 0 Å². The van der Waals surface area contributed by atoms with Gasteiger partial charge in [-0.2, -0.15) is 0 Å². The highest BCUT2D eigenvalue weighted by atomic mass is 14.6. The van der Waals surface area contributed by atoms with Crippen molar-refractivity contribution < 1.29 is 0 Å². The van der Waals surface area contributed by atoms with Crippen LogP contribution in [0.15, 0.2) is 0 Å². The van der Waals surface area contributed by atoms with Crippen molar-refractivity contribution in [1.82, 2.24) is 0 Å². The van der Waals surface area contributed by atoms with Crippen LogP contribution in [-0.4, -0.2) is 0 Å². The molecule has 0 saturated heterocycles. The first-order chi connectivity index (χ1) is 7.80. The molecule has 0 bridgehead atoms. The fourth-order valence-electron chi connectivity index (χ4n) is 5.77. The maximum atomic E-state index is 2.57. The molecule has 4 unspecified atom stereocenters. The van der Waals surface area contributed by atoms with Gasteiger partial charge >= 0.3 is 0 Å². The zero-order valence-electron chi connectivity index (χ0n) is 12.8. The Kier molecular flexibility index (Phi) is 3.38. The molecule has 0 nitrogen and oxygen atoms in total. The quantitative estimate of drug-likeness (QED) is 0.562. The summed E-state index contributed by atoms with van der Waals surface area (Å²) in [6.07, 6.45) is 7.51. The molecule has 0 aliphatic heterocycles. The summed E-state index contributed by atoms with van der Waals surface area (Å²) in [6.45, 7) is 15.0. The van der Waals surface area contributed by atoms with Crippen molar-refractivity contribution >= 4 is 0 Å². The van der Waals surface area contributed by atoms with Crippen molar-refractivity contribution in [3.05, 3.63) is 0 Å². The SMILES string of the molecule is CC(C)C1(C(C)(C)C)CC2CCCCC2C1C. The molecule has 0 aromatic carbocycles. The van der Waals surface area contributed by atoms with Gasteiger partial charge in [0.25, 0.3) is 0 Å². The molecule has 0 heteroatoms. The standard InChI is InChI=1S/C17H32/c1-12(2)17(16(4,5)6)11-14-9-7-8-10-15(14)13(17)3/h12-15H,7-11H2,1-6H3. The Morgan fingerprint density at radius 2 is 1.65 bits per heavy atom. The van der Waals surface area contributed by atoms with Crippen molar-refractivity contribution in [3.8, 4) is 0 Å². The Balaban J connectivity index is 2.35. The molecule has 0 N–H and O–H groups in total. The van der Waals surface area contributed by atoms with E-state index in [9.17, 15) is 0 Å². The van der Waals surface area contributed by atoms with Gasteiger partial charge in [0, 0.05) is 0 Å². The topological polar surface area (TPSA) is 0 Å². The van der Waals surface area contributed by atoms with E-state index >= 15 is 0 Å². The lowest BCUT2D eigenvalue weighted by molar-refractivity contribution is -0.0142. The number of hydrogen-bond donors (Lipinski definition) is 0. The molecule has 0 radical (unpaired) electrons. The van der Waals surface area contributed by atoms with Crippen LogP contribution >= 0.6 is 0 Å². The number of fused-ring (bicyclic) bond motifs is 1. The van der Waals surface area contributed by atoms with Crippen LogP contribution in [-0.2, 0) is 0 Å². The molecule has 17 heavy (non-hydrogen) atoms.